The smallest absolute Gasteiger partial charge is 0.462 e. The highest BCUT2D eigenvalue weighted by atomic mass is 31.2. The lowest BCUT2D eigenvalue weighted by atomic mass is 10.0. The predicted octanol–water partition coefficient (Wildman–Crippen LogP) is 12.0. The summed E-state index contributed by atoms with van der Waals surface area (Å²) in [4.78, 5) is 35.3. The molecular weight excluding hydrogens is 689 g/mol. The van der Waals surface area contributed by atoms with E-state index in [4.69, 9.17) is 18.5 Å². The number of ether oxygens (including phenoxy) is 2. The van der Waals surface area contributed by atoms with Crippen molar-refractivity contribution in [2.45, 2.75) is 193 Å². The normalized spacial score (nSPS) is 13.8. The molecule has 0 aromatic rings. The van der Waals surface area contributed by atoms with Crippen molar-refractivity contribution >= 4 is 19.8 Å². The van der Waals surface area contributed by atoms with E-state index in [-0.39, 0.29) is 32.0 Å². The van der Waals surface area contributed by atoms with Crippen LogP contribution in [-0.4, -0.2) is 74.9 Å². The molecule has 9 nitrogen and oxygen atoms in total. The van der Waals surface area contributed by atoms with Crippen molar-refractivity contribution in [1.29, 1.82) is 0 Å². The van der Waals surface area contributed by atoms with E-state index in [1.165, 1.54) is 96.3 Å². The molecule has 0 aliphatic carbocycles. The van der Waals surface area contributed by atoms with Gasteiger partial charge in [-0.15, -0.1) is 0 Å². The Bertz CT molecular complexity index is 964. The van der Waals surface area contributed by atoms with Gasteiger partial charge in [-0.1, -0.05) is 160 Å². The first-order valence-electron chi connectivity index (χ1n) is 21.6. The number of carbonyl (C=O) groups excluding carboxylic acids is 2. The molecule has 0 aromatic carbocycles. The average Bonchev–Trinajstić information content (AvgIpc) is 3.10. The van der Waals surface area contributed by atoms with Gasteiger partial charge in [0.1, 0.15) is 19.8 Å². The largest absolute Gasteiger partial charge is 0.472 e. The van der Waals surface area contributed by atoms with Crippen LogP contribution in [-0.2, 0) is 32.7 Å². The van der Waals surface area contributed by atoms with Gasteiger partial charge in [0.25, 0.3) is 0 Å². The van der Waals surface area contributed by atoms with E-state index >= 15 is 0 Å². The Kier molecular flexibility index (Phi) is 35.1. The lowest BCUT2D eigenvalue weighted by Crippen LogP contribution is -2.37. The molecule has 0 spiro atoms. The lowest BCUT2D eigenvalue weighted by molar-refractivity contribution is -0.870. The molecule has 0 bridgehead atoms. The summed E-state index contributed by atoms with van der Waals surface area (Å²) < 4.78 is 34.3. The molecule has 53 heavy (non-hydrogen) atoms. The molecule has 1 N–H and O–H groups in total. The topological polar surface area (TPSA) is 108 Å². The van der Waals surface area contributed by atoms with Gasteiger partial charge in [-0.25, -0.2) is 4.57 Å². The number of rotatable bonds is 39. The molecule has 0 saturated heterocycles. The minimum Gasteiger partial charge on any atom is -0.462 e. The molecule has 0 saturated carbocycles. The molecule has 0 fully saturated rings. The number of hydrogen-bond acceptors (Lipinski definition) is 7. The molecule has 0 heterocycles. The van der Waals surface area contributed by atoms with Gasteiger partial charge in [0.2, 0.25) is 0 Å². The highest BCUT2D eigenvalue weighted by Crippen LogP contribution is 2.43. The molecule has 10 heteroatoms. The van der Waals surface area contributed by atoms with Crippen molar-refractivity contribution in [3.8, 4) is 0 Å². The van der Waals surface area contributed by atoms with Gasteiger partial charge in [0.15, 0.2) is 6.10 Å². The number of nitrogens with zero attached hydrogens (tertiary/aromatic N) is 1. The summed E-state index contributed by atoms with van der Waals surface area (Å²) in [6.45, 7) is 4.39. The second kappa shape index (κ2) is 36.1. The molecule has 0 aromatic heterocycles. The third-order valence-electron chi connectivity index (χ3n) is 9.26. The molecule has 0 radical (unpaired) electrons. The minimum absolute atomic E-state index is 0.0302. The van der Waals surface area contributed by atoms with Crippen LogP contribution in [0.15, 0.2) is 24.3 Å². The van der Waals surface area contributed by atoms with Crippen LogP contribution >= 0.6 is 7.82 Å². The zero-order chi connectivity index (χ0) is 39.3. The average molecular weight is 773 g/mol. The summed E-state index contributed by atoms with van der Waals surface area (Å²) in [5.41, 5.74) is 0. The van der Waals surface area contributed by atoms with Gasteiger partial charge in [-0.05, 0) is 38.5 Å². The van der Waals surface area contributed by atoms with Crippen LogP contribution in [0.3, 0.4) is 0 Å². The van der Waals surface area contributed by atoms with Crippen LogP contribution in [0, 0.1) is 0 Å². The van der Waals surface area contributed by atoms with Crippen molar-refractivity contribution in [3.05, 3.63) is 24.3 Å². The second-order valence-electron chi connectivity index (χ2n) is 15.8. The molecule has 2 atom stereocenters. The van der Waals surface area contributed by atoms with Crippen molar-refractivity contribution in [2.24, 2.45) is 0 Å². The first-order valence-corrected chi connectivity index (χ1v) is 23.1. The highest BCUT2D eigenvalue weighted by Gasteiger charge is 2.27. The standard InChI is InChI=1S/C43H82NO8P/c1-6-8-10-12-14-16-18-20-22-24-26-28-30-32-34-36-43(46)52-41(40-51-53(47,48)50-38-37-44(3,4)5)39-49-42(45)35-33-31-29-27-25-23-21-19-17-15-13-11-9-7-2/h16,18,20,22,41H,6-15,17,19,21,23-40H2,1-5H3/p+1/b18-16+,22-20+/t41-/m1/s1. The number of allylic oxidation sites excluding steroid dienone is 4. The Labute approximate surface area is 326 Å². The fourth-order valence-corrected chi connectivity index (χ4v) is 6.57. The van der Waals surface area contributed by atoms with Gasteiger partial charge in [-0.3, -0.25) is 18.6 Å². The molecule has 312 valence electrons. The van der Waals surface area contributed by atoms with E-state index in [1.54, 1.807) is 0 Å². The van der Waals surface area contributed by atoms with Crippen molar-refractivity contribution in [2.75, 3.05) is 47.5 Å². The first kappa shape index (κ1) is 51.5. The lowest BCUT2D eigenvalue weighted by Gasteiger charge is -2.24. The van der Waals surface area contributed by atoms with Crippen LogP contribution in [0.2, 0.25) is 0 Å². The summed E-state index contributed by atoms with van der Waals surface area (Å²) in [5, 5.41) is 0. The van der Waals surface area contributed by atoms with Crippen molar-refractivity contribution in [1.82, 2.24) is 0 Å². The Balaban J connectivity index is 4.39. The van der Waals surface area contributed by atoms with Crippen molar-refractivity contribution < 1.29 is 42.1 Å². The fourth-order valence-electron chi connectivity index (χ4n) is 5.83. The number of unbranched alkanes of at least 4 members (excludes halogenated alkanes) is 22. The fraction of sp³-hybridized carbons (Fsp3) is 0.860. The third-order valence-corrected chi connectivity index (χ3v) is 10.2. The number of quaternary nitrogens is 1. The highest BCUT2D eigenvalue weighted by molar-refractivity contribution is 7.47. The Morgan fingerprint density at radius 2 is 1.00 bits per heavy atom. The maximum atomic E-state index is 12.7. The van der Waals surface area contributed by atoms with E-state index in [0.717, 1.165) is 57.8 Å². The number of likely N-dealkylation sites (N-methyl/N-ethyl adjacent to an activating group) is 1. The van der Waals surface area contributed by atoms with Crippen LogP contribution in [0.1, 0.15) is 187 Å². The quantitative estimate of drug-likeness (QED) is 0.0216. The van der Waals surface area contributed by atoms with Gasteiger partial charge in [0, 0.05) is 12.8 Å². The second-order valence-corrected chi connectivity index (χ2v) is 17.2. The van der Waals surface area contributed by atoms with E-state index in [2.05, 4.69) is 38.2 Å². The summed E-state index contributed by atoms with van der Waals surface area (Å²) in [6.07, 6.45) is 37.9. The van der Waals surface area contributed by atoms with E-state index in [9.17, 15) is 19.0 Å². The van der Waals surface area contributed by atoms with E-state index in [1.807, 2.05) is 21.1 Å². The Hall–Kier alpha value is -1.51. The zero-order valence-corrected chi connectivity index (χ0v) is 35.9. The molecule has 0 rings (SSSR count). The number of phosphoric ester groups is 1. The van der Waals surface area contributed by atoms with Crippen molar-refractivity contribution in [3.63, 3.8) is 0 Å². The van der Waals surface area contributed by atoms with Crippen LogP contribution in [0.25, 0.3) is 0 Å². The third kappa shape index (κ3) is 40.0. The Morgan fingerprint density at radius 3 is 1.47 bits per heavy atom. The summed E-state index contributed by atoms with van der Waals surface area (Å²) in [7, 11) is 1.47. The molecule has 1 unspecified atom stereocenters. The number of esters is 2. The monoisotopic (exact) mass is 773 g/mol. The van der Waals surface area contributed by atoms with Gasteiger partial charge in [-0.2, -0.15) is 0 Å². The molecule has 0 aliphatic rings. The van der Waals surface area contributed by atoms with Crippen LogP contribution < -0.4 is 0 Å². The summed E-state index contributed by atoms with van der Waals surface area (Å²) in [5.74, 6) is -0.811. The maximum absolute atomic E-state index is 12.7. The zero-order valence-electron chi connectivity index (χ0n) is 35.0. The van der Waals surface area contributed by atoms with Crippen LogP contribution in [0.5, 0.6) is 0 Å². The van der Waals surface area contributed by atoms with Gasteiger partial charge < -0.3 is 18.9 Å². The summed E-state index contributed by atoms with van der Waals surface area (Å²) in [6, 6.07) is 0. The van der Waals surface area contributed by atoms with Crippen LogP contribution in [0.4, 0.5) is 0 Å². The predicted molar refractivity (Wildman–Crippen MR) is 220 cm³/mol. The SMILES string of the molecule is CCCCCC/C=C/C=C/CCCCCCCC(=O)O[C@H](COC(=O)CCCCCCCCCCCCCCCC)COP(=O)(O)OCC[N+](C)(C)C. The first-order chi connectivity index (χ1) is 25.5. The number of hydrogen-bond donors (Lipinski definition) is 1. The molecular formula is C43H83NO8P+. The summed E-state index contributed by atoms with van der Waals surface area (Å²) >= 11 is 0. The molecule has 0 amide bonds. The number of carbonyl (C=O) groups is 2. The van der Waals surface area contributed by atoms with Gasteiger partial charge in [0.05, 0.1) is 27.7 Å². The van der Waals surface area contributed by atoms with E-state index in [0.29, 0.717) is 17.4 Å². The van der Waals surface area contributed by atoms with E-state index < -0.39 is 26.5 Å². The minimum atomic E-state index is -4.37. The Morgan fingerprint density at radius 1 is 0.585 bits per heavy atom. The van der Waals surface area contributed by atoms with Gasteiger partial charge >= 0.3 is 19.8 Å². The molecule has 0 aliphatic heterocycles. The number of phosphoric acid groups is 1. The maximum Gasteiger partial charge on any atom is 0.472 e.